The maximum absolute atomic E-state index is 12.5. The number of unbranched alkanes of at least 4 members (excludes halogenated alkanes) is 3. The van der Waals surface area contributed by atoms with E-state index in [0.29, 0.717) is 28.9 Å². The Morgan fingerprint density at radius 3 is 1.46 bits per heavy atom. The van der Waals surface area contributed by atoms with E-state index in [1.54, 1.807) is 0 Å². The summed E-state index contributed by atoms with van der Waals surface area (Å²) in [6.45, 7) is 2.11. The van der Waals surface area contributed by atoms with Gasteiger partial charge in [0.1, 0.15) is 0 Å². The highest BCUT2D eigenvalue weighted by molar-refractivity contribution is 5.95. The molecule has 0 saturated carbocycles. The molecule has 2 aromatic heterocycles. The number of carbonyl (C=O) groups is 2. The number of ketones is 1. The molecule has 2 heterocycles. The number of aromatic nitrogens is 4. The van der Waals surface area contributed by atoms with Gasteiger partial charge in [0.15, 0.2) is 17.4 Å². The Balaban J connectivity index is 0.000000251. The number of halogens is 6. The topological polar surface area (TPSA) is 98.2 Å². The van der Waals surface area contributed by atoms with Gasteiger partial charge in [0.05, 0.1) is 29.4 Å². The minimum absolute atomic E-state index is 0.00919. The average molecular weight is 648 g/mol. The summed E-state index contributed by atoms with van der Waals surface area (Å²) in [4.78, 5) is 44.7. The first-order valence-corrected chi connectivity index (χ1v) is 14.1. The number of hydrogen-bond donors (Lipinski definition) is 0. The summed E-state index contributed by atoms with van der Waals surface area (Å²) in [5.74, 6) is 0.0862. The fraction of sp³-hybridized carbons (Fsp3) is 0.312. The number of hydrogen-bond acceptors (Lipinski definition) is 7. The fourth-order valence-electron chi connectivity index (χ4n) is 3.95. The maximum Gasteiger partial charge on any atom is 0.416 e. The van der Waals surface area contributed by atoms with Crippen LogP contribution in [-0.4, -0.2) is 50.8 Å². The number of nitrogens with zero attached hydrogens (tertiary/aromatic N) is 5. The van der Waals surface area contributed by atoms with Crippen LogP contribution in [0.2, 0.25) is 0 Å². The molecule has 8 nitrogen and oxygen atoms in total. The van der Waals surface area contributed by atoms with Gasteiger partial charge in [-0.05, 0) is 30.7 Å². The molecule has 1 amide bonds. The van der Waals surface area contributed by atoms with Crippen LogP contribution < -0.4 is 0 Å². The van der Waals surface area contributed by atoms with Gasteiger partial charge in [-0.3, -0.25) is 14.4 Å². The summed E-state index contributed by atoms with van der Waals surface area (Å²) in [5.41, 5.74) is 0.0779. The summed E-state index contributed by atoms with van der Waals surface area (Å²) in [7, 11) is 2.78. The molecule has 0 bridgehead atoms. The Bertz CT molecular complexity index is 1560. The predicted molar refractivity (Wildman–Crippen MR) is 157 cm³/mol. The first-order chi connectivity index (χ1) is 21.7. The molecule has 0 saturated heterocycles. The van der Waals surface area contributed by atoms with E-state index < -0.39 is 29.4 Å². The monoisotopic (exact) mass is 647 g/mol. The molecular weight excluding hydrogens is 616 g/mol. The zero-order valence-corrected chi connectivity index (χ0v) is 25.2. The lowest BCUT2D eigenvalue weighted by molar-refractivity contribution is -0.138. The van der Waals surface area contributed by atoms with Crippen molar-refractivity contribution in [2.75, 3.05) is 14.2 Å². The second kappa shape index (κ2) is 16.0. The molecule has 2 aromatic carbocycles. The number of benzene rings is 2. The molecule has 0 aliphatic carbocycles. The fourth-order valence-corrected chi connectivity index (χ4v) is 3.95. The van der Waals surface area contributed by atoms with Crippen LogP contribution in [0.15, 0.2) is 73.3 Å². The van der Waals surface area contributed by atoms with Gasteiger partial charge in [0, 0.05) is 49.4 Å². The van der Waals surface area contributed by atoms with Crippen LogP contribution in [0.25, 0.3) is 22.8 Å². The lowest BCUT2D eigenvalue weighted by Gasteiger charge is -2.13. The third kappa shape index (κ3) is 10.2. The van der Waals surface area contributed by atoms with Crippen LogP contribution >= 0.6 is 0 Å². The Morgan fingerprint density at radius 2 is 1.09 bits per heavy atom. The van der Waals surface area contributed by atoms with Crippen molar-refractivity contribution in [3.8, 4) is 22.8 Å². The van der Waals surface area contributed by atoms with Gasteiger partial charge < -0.3 is 0 Å². The Morgan fingerprint density at radius 1 is 0.674 bits per heavy atom. The second-order valence-corrected chi connectivity index (χ2v) is 9.96. The molecule has 46 heavy (non-hydrogen) atoms. The first kappa shape index (κ1) is 35.8. The second-order valence-electron chi connectivity index (χ2n) is 9.96. The van der Waals surface area contributed by atoms with Crippen molar-refractivity contribution in [2.45, 2.75) is 51.4 Å². The molecular formula is C32H31F6N5O3. The largest absolute Gasteiger partial charge is 0.416 e. The summed E-state index contributed by atoms with van der Waals surface area (Å²) in [6, 6.07) is 9.10. The molecule has 0 radical (unpaired) electrons. The normalized spacial score (nSPS) is 11.4. The molecule has 4 rings (SSSR count). The van der Waals surface area contributed by atoms with E-state index in [1.165, 1.54) is 63.2 Å². The van der Waals surface area contributed by atoms with Crippen LogP contribution in [-0.2, 0) is 17.2 Å². The van der Waals surface area contributed by atoms with Crippen molar-refractivity contribution < 1.29 is 40.8 Å². The zero-order chi connectivity index (χ0) is 33.9. The van der Waals surface area contributed by atoms with Crippen LogP contribution in [0.1, 0.15) is 70.9 Å². The first-order valence-electron chi connectivity index (χ1n) is 14.1. The van der Waals surface area contributed by atoms with E-state index in [0.717, 1.165) is 55.0 Å². The third-order valence-corrected chi connectivity index (χ3v) is 6.63. The summed E-state index contributed by atoms with van der Waals surface area (Å²) in [5, 5.41) is 1.01. The van der Waals surface area contributed by atoms with Gasteiger partial charge in [0.25, 0.3) is 5.91 Å². The quantitative estimate of drug-likeness (QED) is 0.0742. The zero-order valence-electron chi connectivity index (χ0n) is 25.2. The molecule has 0 unspecified atom stereocenters. The number of amides is 1. The molecule has 0 fully saturated rings. The van der Waals surface area contributed by atoms with E-state index in [2.05, 4.69) is 26.9 Å². The van der Waals surface area contributed by atoms with Gasteiger partial charge >= 0.3 is 12.4 Å². The highest BCUT2D eigenvalue weighted by Gasteiger charge is 2.31. The maximum atomic E-state index is 12.5. The molecule has 4 aromatic rings. The minimum Gasteiger partial charge on any atom is -0.294 e. The van der Waals surface area contributed by atoms with Crippen molar-refractivity contribution in [1.29, 1.82) is 0 Å². The molecule has 0 spiro atoms. The Labute approximate surface area is 261 Å². The van der Waals surface area contributed by atoms with Crippen LogP contribution in [0.4, 0.5) is 26.3 Å². The van der Waals surface area contributed by atoms with Crippen molar-refractivity contribution >= 4 is 11.7 Å². The average Bonchev–Trinajstić information content (AvgIpc) is 3.05. The SMILES string of the molecule is CCCCCCC(=O)c1cnc(-c2ccc(C(F)(F)F)cc2)nc1.CON(C)C(=O)c1cnc(-c2ccc(C(F)(F)F)cc2)nc1. The van der Waals surface area contributed by atoms with E-state index in [9.17, 15) is 35.9 Å². The lowest BCUT2D eigenvalue weighted by Crippen LogP contribution is -2.25. The molecule has 0 aliphatic rings. The highest BCUT2D eigenvalue weighted by Crippen LogP contribution is 2.31. The number of carbonyl (C=O) groups excluding carboxylic acids is 2. The smallest absolute Gasteiger partial charge is 0.294 e. The number of hydroxylamine groups is 2. The predicted octanol–water partition coefficient (Wildman–Crippen LogP) is 8.11. The summed E-state index contributed by atoms with van der Waals surface area (Å²) in [6.07, 6.45) is 1.23. The van der Waals surface area contributed by atoms with Gasteiger partial charge in [-0.25, -0.2) is 25.0 Å². The Hall–Kier alpha value is -4.72. The standard InChI is InChI=1S/C18H19F3N2O.C14H12F3N3O2/c1-2-3-4-5-6-16(24)14-11-22-17(23-12-14)13-7-9-15(10-8-13)18(19,20)21;1-20(22-2)13(21)10-7-18-12(19-8-10)9-3-5-11(6-4-9)14(15,16)17/h7-12H,2-6H2,1H3;3-8H,1-2H3. The number of Topliss-reactive ketones (excluding diaryl/α,β-unsaturated/α-hetero) is 1. The van der Waals surface area contributed by atoms with Gasteiger partial charge in [-0.1, -0.05) is 50.5 Å². The lowest BCUT2D eigenvalue weighted by atomic mass is 10.1. The molecule has 0 atom stereocenters. The minimum atomic E-state index is -4.39. The van der Waals surface area contributed by atoms with E-state index in [4.69, 9.17) is 4.84 Å². The van der Waals surface area contributed by atoms with Gasteiger partial charge in [-0.2, -0.15) is 26.3 Å². The summed E-state index contributed by atoms with van der Waals surface area (Å²) >= 11 is 0. The highest BCUT2D eigenvalue weighted by atomic mass is 19.4. The van der Waals surface area contributed by atoms with E-state index >= 15 is 0 Å². The van der Waals surface area contributed by atoms with Gasteiger partial charge in [-0.15, -0.1) is 0 Å². The van der Waals surface area contributed by atoms with Crippen molar-refractivity contribution in [2.24, 2.45) is 0 Å². The van der Waals surface area contributed by atoms with E-state index in [-0.39, 0.29) is 17.2 Å². The molecule has 244 valence electrons. The van der Waals surface area contributed by atoms with E-state index in [1.807, 2.05) is 0 Å². The third-order valence-electron chi connectivity index (χ3n) is 6.63. The number of alkyl halides is 6. The van der Waals surface area contributed by atoms with Gasteiger partial charge in [0.2, 0.25) is 0 Å². The molecule has 0 N–H and O–H groups in total. The van der Waals surface area contributed by atoms with Crippen molar-refractivity contribution in [3.63, 3.8) is 0 Å². The van der Waals surface area contributed by atoms with Crippen molar-refractivity contribution in [3.05, 3.63) is 95.6 Å². The molecule has 14 heteroatoms. The van der Waals surface area contributed by atoms with Crippen LogP contribution in [0.3, 0.4) is 0 Å². The van der Waals surface area contributed by atoms with Crippen molar-refractivity contribution in [1.82, 2.24) is 25.0 Å². The molecule has 0 aliphatic heterocycles. The Kier molecular flexibility index (Phi) is 12.5. The van der Waals surface area contributed by atoms with Crippen LogP contribution in [0.5, 0.6) is 0 Å². The van der Waals surface area contributed by atoms with Crippen LogP contribution in [0, 0.1) is 0 Å². The summed E-state index contributed by atoms with van der Waals surface area (Å²) < 4.78 is 75.1. The number of rotatable bonds is 10.